The van der Waals surface area contributed by atoms with Crippen LogP contribution in [0.4, 0.5) is 22.9 Å². The minimum absolute atomic E-state index is 0.241. The van der Waals surface area contributed by atoms with Crippen LogP contribution in [-0.2, 0) is 4.74 Å². The molecule has 0 spiro atoms. The average molecular weight is 390 g/mol. The number of hydrogen-bond donors (Lipinski definition) is 2. The Hall–Kier alpha value is -3.87. The molecule has 1 aromatic heterocycles. The molecule has 0 unspecified atom stereocenters. The van der Waals surface area contributed by atoms with Crippen LogP contribution in [0.3, 0.4) is 0 Å². The van der Waals surface area contributed by atoms with Crippen molar-refractivity contribution in [2.75, 3.05) is 36.7 Å². The van der Waals surface area contributed by atoms with Crippen molar-refractivity contribution < 1.29 is 14.3 Å². The van der Waals surface area contributed by atoms with Gasteiger partial charge in [0.15, 0.2) is 0 Å². The summed E-state index contributed by atoms with van der Waals surface area (Å²) in [6.45, 7) is 0. The van der Waals surface area contributed by atoms with Gasteiger partial charge in [0.1, 0.15) is 5.82 Å². The zero-order valence-corrected chi connectivity index (χ0v) is 16.5. The number of anilines is 4. The molecule has 1 amide bonds. The minimum atomic E-state index is -0.410. The summed E-state index contributed by atoms with van der Waals surface area (Å²) in [6.07, 6.45) is 1.50. The van der Waals surface area contributed by atoms with Gasteiger partial charge in [0.05, 0.1) is 18.2 Å². The molecule has 0 radical (unpaired) electrons. The molecule has 3 aromatic rings. The first kappa shape index (κ1) is 19.9. The number of pyridine rings is 1. The number of benzene rings is 2. The smallest absolute Gasteiger partial charge is 0.337 e. The predicted molar refractivity (Wildman–Crippen MR) is 114 cm³/mol. The summed E-state index contributed by atoms with van der Waals surface area (Å²) in [4.78, 5) is 30.3. The molecule has 0 saturated heterocycles. The summed E-state index contributed by atoms with van der Waals surface area (Å²) in [6, 6.07) is 17.9. The van der Waals surface area contributed by atoms with E-state index >= 15 is 0 Å². The predicted octanol–water partition coefficient (Wildman–Crippen LogP) is 3.93. The fourth-order valence-corrected chi connectivity index (χ4v) is 2.64. The maximum Gasteiger partial charge on any atom is 0.337 e. The van der Waals surface area contributed by atoms with E-state index in [4.69, 9.17) is 4.74 Å². The summed E-state index contributed by atoms with van der Waals surface area (Å²) in [5, 5.41) is 5.95. The van der Waals surface area contributed by atoms with E-state index in [1.54, 1.807) is 30.3 Å². The molecule has 0 aliphatic heterocycles. The lowest BCUT2D eigenvalue weighted by molar-refractivity contribution is 0.0600. The average Bonchev–Trinajstić information content (AvgIpc) is 2.74. The van der Waals surface area contributed by atoms with Crippen LogP contribution >= 0.6 is 0 Å². The van der Waals surface area contributed by atoms with Gasteiger partial charge in [-0.05, 0) is 54.6 Å². The Morgan fingerprint density at radius 2 is 1.69 bits per heavy atom. The Morgan fingerprint density at radius 3 is 2.31 bits per heavy atom. The Labute approximate surface area is 169 Å². The summed E-state index contributed by atoms with van der Waals surface area (Å²) in [5.41, 5.74) is 3.33. The van der Waals surface area contributed by atoms with Gasteiger partial charge in [0, 0.05) is 37.4 Å². The number of carbonyl (C=O) groups excluding carboxylic acids is 2. The Balaban J connectivity index is 1.65. The largest absolute Gasteiger partial charge is 0.465 e. The third kappa shape index (κ3) is 5.10. The molecule has 29 heavy (non-hydrogen) atoms. The van der Waals surface area contributed by atoms with E-state index in [2.05, 4.69) is 15.6 Å². The number of methoxy groups -OCH3 is 1. The molecular weight excluding hydrogens is 368 g/mol. The van der Waals surface area contributed by atoms with Crippen molar-refractivity contribution in [2.24, 2.45) is 0 Å². The van der Waals surface area contributed by atoms with Gasteiger partial charge in [-0.2, -0.15) is 0 Å². The van der Waals surface area contributed by atoms with Crippen LogP contribution in [0.1, 0.15) is 20.7 Å². The molecule has 7 heteroatoms. The first-order chi connectivity index (χ1) is 14.0. The van der Waals surface area contributed by atoms with Crippen LogP contribution < -0.4 is 15.5 Å². The van der Waals surface area contributed by atoms with Crippen LogP contribution in [0.2, 0.25) is 0 Å². The lowest BCUT2D eigenvalue weighted by atomic mass is 10.2. The van der Waals surface area contributed by atoms with Gasteiger partial charge in [0.2, 0.25) is 0 Å². The number of nitrogens with zero attached hydrogens (tertiary/aromatic N) is 2. The second-order valence-corrected chi connectivity index (χ2v) is 6.52. The molecule has 0 atom stereocenters. The van der Waals surface area contributed by atoms with Crippen molar-refractivity contribution in [3.8, 4) is 0 Å². The quantitative estimate of drug-likeness (QED) is 0.621. The van der Waals surface area contributed by atoms with Crippen molar-refractivity contribution >= 4 is 34.8 Å². The topological polar surface area (TPSA) is 83.6 Å². The van der Waals surface area contributed by atoms with Crippen molar-refractivity contribution in [2.45, 2.75) is 0 Å². The molecule has 3 rings (SSSR count). The first-order valence-corrected chi connectivity index (χ1v) is 8.96. The molecular formula is C22H22N4O3. The third-order valence-corrected chi connectivity index (χ3v) is 4.22. The minimum Gasteiger partial charge on any atom is -0.465 e. The Bertz CT molecular complexity index is 999. The van der Waals surface area contributed by atoms with Gasteiger partial charge in [-0.15, -0.1) is 0 Å². The molecule has 1 heterocycles. The number of aromatic nitrogens is 1. The van der Waals surface area contributed by atoms with E-state index < -0.39 is 5.97 Å². The molecule has 0 saturated carbocycles. The number of carbonyl (C=O) groups is 2. The SMILES string of the molecule is COC(=O)c1cccc(Nc2ccc(C(=O)Nc3ccc(N(C)C)cc3)cn2)c1. The van der Waals surface area contributed by atoms with Gasteiger partial charge in [-0.25, -0.2) is 9.78 Å². The number of ether oxygens (including phenoxy) is 1. The van der Waals surface area contributed by atoms with Crippen molar-refractivity contribution in [3.63, 3.8) is 0 Å². The highest BCUT2D eigenvalue weighted by atomic mass is 16.5. The summed E-state index contributed by atoms with van der Waals surface area (Å²) < 4.78 is 4.72. The number of amides is 1. The molecule has 2 N–H and O–H groups in total. The molecule has 0 aliphatic rings. The fraction of sp³-hybridized carbons (Fsp3) is 0.136. The van der Waals surface area contributed by atoms with Gasteiger partial charge in [-0.1, -0.05) is 6.07 Å². The van der Waals surface area contributed by atoms with Crippen LogP contribution in [0.15, 0.2) is 66.9 Å². The van der Waals surface area contributed by atoms with Gasteiger partial charge < -0.3 is 20.3 Å². The lowest BCUT2D eigenvalue weighted by Gasteiger charge is -2.13. The van der Waals surface area contributed by atoms with E-state index in [9.17, 15) is 9.59 Å². The monoisotopic (exact) mass is 390 g/mol. The highest BCUT2D eigenvalue weighted by molar-refractivity contribution is 6.04. The highest BCUT2D eigenvalue weighted by Crippen LogP contribution is 2.19. The maximum atomic E-state index is 12.4. The van der Waals surface area contributed by atoms with E-state index in [0.29, 0.717) is 28.3 Å². The molecule has 148 valence electrons. The highest BCUT2D eigenvalue weighted by Gasteiger charge is 2.09. The van der Waals surface area contributed by atoms with Crippen LogP contribution in [0.5, 0.6) is 0 Å². The molecule has 7 nitrogen and oxygen atoms in total. The van der Waals surface area contributed by atoms with Crippen LogP contribution in [0, 0.1) is 0 Å². The molecule has 0 fully saturated rings. The van der Waals surface area contributed by atoms with Crippen LogP contribution in [-0.4, -0.2) is 38.1 Å². The van der Waals surface area contributed by atoms with Gasteiger partial charge in [0.25, 0.3) is 5.91 Å². The standard InChI is InChI=1S/C22H22N4O3/c1-26(2)19-10-8-17(9-11-19)25-21(27)16-7-12-20(23-14-16)24-18-6-4-5-15(13-18)22(28)29-3/h4-14H,1-3H3,(H,23,24)(H,25,27). The summed E-state index contributed by atoms with van der Waals surface area (Å²) in [7, 11) is 5.26. The molecule has 0 aliphatic carbocycles. The maximum absolute atomic E-state index is 12.4. The van der Waals surface area contributed by atoms with Gasteiger partial charge >= 0.3 is 5.97 Å². The Kier molecular flexibility index (Phi) is 6.09. The second-order valence-electron chi connectivity index (χ2n) is 6.52. The van der Waals surface area contributed by atoms with E-state index in [0.717, 1.165) is 5.69 Å². The summed E-state index contributed by atoms with van der Waals surface area (Å²) >= 11 is 0. The zero-order chi connectivity index (χ0) is 20.8. The first-order valence-electron chi connectivity index (χ1n) is 8.96. The second kappa shape index (κ2) is 8.88. The third-order valence-electron chi connectivity index (χ3n) is 4.22. The fourth-order valence-electron chi connectivity index (χ4n) is 2.64. The van der Waals surface area contributed by atoms with Gasteiger partial charge in [-0.3, -0.25) is 4.79 Å². The van der Waals surface area contributed by atoms with E-state index in [1.165, 1.54) is 13.3 Å². The molecule has 0 bridgehead atoms. The van der Waals surface area contributed by atoms with Crippen molar-refractivity contribution in [3.05, 3.63) is 78.0 Å². The van der Waals surface area contributed by atoms with E-state index in [1.807, 2.05) is 49.3 Å². The summed E-state index contributed by atoms with van der Waals surface area (Å²) in [5.74, 6) is -0.0968. The van der Waals surface area contributed by atoms with Crippen molar-refractivity contribution in [1.82, 2.24) is 4.98 Å². The normalized spacial score (nSPS) is 10.2. The molecule has 2 aromatic carbocycles. The lowest BCUT2D eigenvalue weighted by Crippen LogP contribution is -2.13. The number of esters is 1. The van der Waals surface area contributed by atoms with Crippen LogP contribution in [0.25, 0.3) is 0 Å². The van der Waals surface area contributed by atoms with Crippen molar-refractivity contribution in [1.29, 1.82) is 0 Å². The number of nitrogens with one attached hydrogen (secondary N) is 2. The van der Waals surface area contributed by atoms with E-state index in [-0.39, 0.29) is 5.91 Å². The number of rotatable bonds is 6. The zero-order valence-electron chi connectivity index (χ0n) is 16.5. The number of hydrogen-bond acceptors (Lipinski definition) is 6. The Morgan fingerprint density at radius 1 is 0.931 bits per heavy atom.